The standard InChI is InChI=1S/C16H18N4O/c21-16(20-13-8-11-2-3-12(9-13)19-11)10-1-4-14-15(7-10)18-6-5-17-14/h1,4-7,11-13,19H,2-3,8-9H2,(H,20,21). The summed E-state index contributed by atoms with van der Waals surface area (Å²) in [5.41, 5.74) is 2.23. The SMILES string of the molecule is O=C(NC1CC2CCC(C1)N2)c1ccc2nccnc2c1. The number of aromatic nitrogens is 2. The van der Waals surface area contributed by atoms with Crippen LogP contribution in [0.3, 0.4) is 0 Å². The van der Waals surface area contributed by atoms with E-state index in [0.29, 0.717) is 17.6 Å². The number of amides is 1. The molecule has 2 fully saturated rings. The number of carbonyl (C=O) groups is 1. The molecule has 1 aromatic heterocycles. The Morgan fingerprint density at radius 3 is 2.57 bits per heavy atom. The van der Waals surface area contributed by atoms with Gasteiger partial charge in [-0.2, -0.15) is 0 Å². The minimum absolute atomic E-state index is 0.00569. The van der Waals surface area contributed by atoms with Crippen LogP contribution in [-0.2, 0) is 0 Å². The highest BCUT2D eigenvalue weighted by Crippen LogP contribution is 2.27. The monoisotopic (exact) mass is 282 g/mol. The minimum Gasteiger partial charge on any atom is -0.349 e. The number of nitrogens with zero attached hydrogens (tertiary/aromatic N) is 2. The molecular weight excluding hydrogens is 264 g/mol. The third-order valence-corrected chi connectivity index (χ3v) is 4.54. The average Bonchev–Trinajstić information content (AvgIpc) is 2.85. The maximum Gasteiger partial charge on any atom is 0.251 e. The fraction of sp³-hybridized carbons (Fsp3) is 0.438. The lowest BCUT2D eigenvalue weighted by Gasteiger charge is -2.29. The molecule has 21 heavy (non-hydrogen) atoms. The van der Waals surface area contributed by atoms with Crippen LogP contribution in [0, 0.1) is 0 Å². The highest BCUT2D eigenvalue weighted by atomic mass is 16.1. The van der Waals surface area contributed by atoms with Gasteiger partial charge in [-0.3, -0.25) is 14.8 Å². The number of carbonyl (C=O) groups excluding carboxylic acids is 1. The Labute approximate surface area is 123 Å². The zero-order chi connectivity index (χ0) is 14.2. The van der Waals surface area contributed by atoms with Crippen LogP contribution in [0.1, 0.15) is 36.0 Å². The summed E-state index contributed by atoms with van der Waals surface area (Å²) in [7, 11) is 0. The molecule has 2 unspecified atom stereocenters. The van der Waals surface area contributed by atoms with Crippen molar-refractivity contribution in [3.05, 3.63) is 36.2 Å². The average molecular weight is 282 g/mol. The highest BCUT2D eigenvalue weighted by molar-refractivity contribution is 5.97. The molecule has 0 radical (unpaired) electrons. The molecule has 0 spiro atoms. The second-order valence-electron chi connectivity index (χ2n) is 6.04. The summed E-state index contributed by atoms with van der Waals surface area (Å²) < 4.78 is 0. The van der Waals surface area contributed by atoms with Crippen molar-refractivity contribution in [2.45, 2.75) is 43.8 Å². The first kappa shape index (κ1) is 12.7. The van der Waals surface area contributed by atoms with Crippen molar-refractivity contribution in [2.24, 2.45) is 0 Å². The Bertz CT molecular complexity index is 675. The van der Waals surface area contributed by atoms with E-state index in [4.69, 9.17) is 0 Å². The quantitative estimate of drug-likeness (QED) is 0.879. The topological polar surface area (TPSA) is 66.9 Å². The summed E-state index contributed by atoms with van der Waals surface area (Å²) in [6, 6.07) is 6.93. The van der Waals surface area contributed by atoms with Gasteiger partial charge in [0.15, 0.2) is 0 Å². The second kappa shape index (κ2) is 5.07. The van der Waals surface area contributed by atoms with E-state index in [1.165, 1.54) is 12.8 Å². The number of hydrogen-bond acceptors (Lipinski definition) is 4. The lowest BCUT2D eigenvalue weighted by Crippen LogP contribution is -2.48. The molecule has 2 N–H and O–H groups in total. The second-order valence-corrected chi connectivity index (χ2v) is 6.04. The Hall–Kier alpha value is -2.01. The predicted octanol–water partition coefficient (Wildman–Crippen LogP) is 1.64. The molecule has 0 saturated carbocycles. The van der Waals surface area contributed by atoms with Gasteiger partial charge in [-0.25, -0.2) is 0 Å². The minimum atomic E-state index is -0.00569. The van der Waals surface area contributed by atoms with Gasteiger partial charge in [0.05, 0.1) is 11.0 Å². The van der Waals surface area contributed by atoms with Crippen molar-refractivity contribution in [1.82, 2.24) is 20.6 Å². The van der Waals surface area contributed by atoms with E-state index in [-0.39, 0.29) is 11.9 Å². The molecule has 2 atom stereocenters. The van der Waals surface area contributed by atoms with Crippen molar-refractivity contribution >= 4 is 16.9 Å². The van der Waals surface area contributed by atoms with E-state index in [9.17, 15) is 4.79 Å². The van der Waals surface area contributed by atoms with Gasteiger partial charge in [0.1, 0.15) is 0 Å². The van der Waals surface area contributed by atoms with Gasteiger partial charge in [-0.15, -0.1) is 0 Å². The zero-order valence-electron chi connectivity index (χ0n) is 11.7. The predicted molar refractivity (Wildman–Crippen MR) is 80.0 cm³/mol. The number of hydrogen-bond donors (Lipinski definition) is 2. The number of nitrogens with one attached hydrogen (secondary N) is 2. The summed E-state index contributed by atoms with van der Waals surface area (Å²) in [6.07, 6.45) is 7.86. The van der Waals surface area contributed by atoms with Crippen LogP contribution in [0.2, 0.25) is 0 Å². The van der Waals surface area contributed by atoms with Crippen LogP contribution in [-0.4, -0.2) is 34.0 Å². The summed E-state index contributed by atoms with van der Waals surface area (Å²) in [4.78, 5) is 20.9. The summed E-state index contributed by atoms with van der Waals surface area (Å²) in [5.74, 6) is -0.00569. The van der Waals surface area contributed by atoms with Gasteiger partial charge >= 0.3 is 0 Å². The van der Waals surface area contributed by atoms with E-state index in [1.54, 1.807) is 12.4 Å². The molecule has 108 valence electrons. The first-order valence-electron chi connectivity index (χ1n) is 7.55. The fourth-order valence-electron chi connectivity index (χ4n) is 3.55. The third-order valence-electron chi connectivity index (χ3n) is 4.54. The van der Waals surface area contributed by atoms with E-state index in [0.717, 1.165) is 23.9 Å². The van der Waals surface area contributed by atoms with Crippen LogP contribution in [0.4, 0.5) is 0 Å². The smallest absolute Gasteiger partial charge is 0.251 e. The molecule has 4 rings (SSSR count). The number of benzene rings is 1. The van der Waals surface area contributed by atoms with Crippen molar-refractivity contribution in [1.29, 1.82) is 0 Å². The lowest BCUT2D eigenvalue weighted by atomic mass is 9.99. The Morgan fingerprint density at radius 2 is 1.81 bits per heavy atom. The number of piperidine rings is 1. The molecular formula is C16H18N4O. The van der Waals surface area contributed by atoms with Crippen molar-refractivity contribution in [2.75, 3.05) is 0 Å². The molecule has 5 heteroatoms. The van der Waals surface area contributed by atoms with Crippen molar-refractivity contribution < 1.29 is 4.79 Å². The van der Waals surface area contributed by atoms with Crippen LogP contribution in [0.25, 0.3) is 11.0 Å². The summed E-state index contributed by atoms with van der Waals surface area (Å²) in [6.45, 7) is 0. The van der Waals surface area contributed by atoms with Gasteiger partial charge in [-0.1, -0.05) is 0 Å². The fourth-order valence-corrected chi connectivity index (χ4v) is 3.55. The normalized spacial score (nSPS) is 27.7. The molecule has 2 saturated heterocycles. The van der Waals surface area contributed by atoms with E-state index in [1.807, 2.05) is 18.2 Å². The van der Waals surface area contributed by atoms with Gasteiger partial charge in [0, 0.05) is 36.1 Å². The third kappa shape index (κ3) is 2.49. The molecule has 2 bridgehead atoms. The van der Waals surface area contributed by atoms with Crippen molar-refractivity contribution in [3.63, 3.8) is 0 Å². The molecule has 5 nitrogen and oxygen atoms in total. The maximum absolute atomic E-state index is 12.4. The zero-order valence-corrected chi connectivity index (χ0v) is 11.7. The van der Waals surface area contributed by atoms with Crippen molar-refractivity contribution in [3.8, 4) is 0 Å². The molecule has 0 aliphatic carbocycles. The Kier molecular flexibility index (Phi) is 3.07. The van der Waals surface area contributed by atoms with Crippen LogP contribution in [0.15, 0.2) is 30.6 Å². The van der Waals surface area contributed by atoms with Crippen LogP contribution < -0.4 is 10.6 Å². The van der Waals surface area contributed by atoms with Gasteiger partial charge in [0.2, 0.25) is 0 Å². The highest BCUT2D eigenvalue weighted by Gasteiger charge is 2.34. The first-order valence-corrected chi connectivity index (χ1v) is 7.55. The Morgan fingerprint density at radius 1 is 1.10 bits per heavy atom. The van der Waals surface area contributed by atoms with Gasteiger partial charge in [0.25, 0.3) is 5.91 Å². The molecule has 1 amide bonds. The van der Waals surface area contributed by atoms with Gasteiger partial charge in [-0.05, 0) is 43.9 Å². The maximum atomic E-state index is 12.4. The first-order chi connectivity index (χ1) is 10.3. The van der Waals surface area contributed by atoms with E-state index in [2.05, 4.69) is 20.6 Å². The summed E-state index contributed by atoms with van der Waals surface area (Å²) in [5, 5.41) is 6.76. The number of rotatable bonds is 2. The lowest BCUT2D eigenvalue weighted by molar-refractivity contribution is 0.0924. The number of fused-ring (bicyclic) bond motifs is 3. The molecule has 2 aliphatic rings. The Balaban J connectivity index is 1.50. The molecule has 2 aliphatic heterocycles. The largest absolute Gasteiger partial charge is 0.349 e. The molecule has 3 heterocycles. The van der Waals surface area contributed by atoms with Gasteiger partial charge < -0.3 is 10.6 Å². The summed E-state index contributed by atoms with van der Waals surface area (Å²) >= 11 is 0. The van der Waals surface area contributed by atoms with Crippen LogP contribution >= 0.6 is 0 Å². The van der Waals surface area contributed by atoms with E-state index < -0.39 is 0 Å². The van der Waals surface area contributed by atoms with Crippen LogP contribution in [0.5, 0.6) is 0 Å². The van der Waals surface area contributed by atoms with E-state index >= 15 is 0 Å². The molecule has 2 aromatic rings. The molecule has 1 aromatic carbocycles.